The standard InChI is InChI=1S/C30H56O/c1-3-5-7-9-12-26-13-15-27(16-14-26)17-18-28-19-21-29(22-20-28)30(31-25-6-4-2)23-10-8-11-24-30/h26-29H,3-25H2,1-2H3. The Balaban J connectivity index is 1.32. The maximum absolute atomic E-state index is 6.69. The molecule has 0 unspecified atom stereocenters. The smallest absolute Gasteiger partial charge is 0.0710 e. The van der Waals surface area contributed by atoms with Gasteiger partial charge in [-0.1, -0.05) is 123 Å². The second-order valence-corrected chi connectivity index (χ2v) is 11.9. The number of unbranched alkanes of at least 4 members (excludes halogenated alkanes) is 4. The van der Waals surface area contributed by atoms with Gasteiger partial charge in [0.2, 0.25) is 0 Å². The fourth-order valence-corrected chi connectivity index (χ4v) is 7.36. The Hall–Kier alpha value is -0.0400. The second-order valence-electron chi connectivity index (χ2n) is 11.9. The molecule has 3 saturated carbocycles. The highest BCUT2D eigenvalue weighted by molar-refractivity contribution is 4.93. The number of ether oxygens (including phenoxy) is 1. The number of hydrogen-bond acceptors (Lipinski definition) is 1. The van der Waals surface area contributed by atoms with Crippen molar-refractivity contribution in [2.24, 2.45) is 23.7 Å². The van der Waals surface area contributed by atoms with E-state index in [1.165, 1.54) is 116 Å². The predicted molar refractivity (Wildman–Crippen MR) is 136 cm³/mol. The van der Waals surface area contributed by atoms with E-state index in [4.69, 9.17) is 4.74 Å². The Kier molecular flexibility index (Phi) is 11.8. The number of rotatable bonds is 13. The van der Waals surface area contributed by atoms with Crippen LogP contribution in [0.4, 0.5) is 0 Å². The van der Waals surface area contributed by atoms with Gasteiger partial charge in [-0.2, -0.15) is 0 Å². The molecule has 0 aromatic carbocycles. The largest absolute Gasteiger partial charge is 0.375 e. The molecule has 0 saturated heterocycles. The molecule has 0 aliphatic heterocycles. The van der Waals surface area contributed by atoms with E-state index in [-0.39, 0.29) is 5.60 Å². The summed E-state index contributed by atoms with van der Waals surface area (Å²) in [5, 5.41) is 0. The van der Waals surface area contributed by atoms with Gasteiger partial charge >= 0.3 is 0 Å². The first-order chi connectivity index (χ1) is 15.3. The molecule has 0 amide bonds. The van der Waals surface area contributed by atoms with E-state index < -0.39 is 0 Å². The first kappa shape index (κ1) is 25.6. The van der Waals surface area contributed by atoms with Crippen LogP contribution in [0.1, 0.15) is 155 Å². The van der Waals surface area contributed by atoms with Crippen molar-refractivity contribution in [1.82, 2.24) is 0 Å². The Morgan fingerprint density at radius 1 is 0.581 bits per heavy atom. The minimum Gasteiger partial charge on any atom is -0.375 e. The zero-order valence-electron chi connectivity index (χ0n) is 21.5. The molecule has 182 valence electrons. The van der Waals surface area contributed by atoms with Gasteiger partial charge in [-0.25, -0.2) is 0 Å². The average Bonchev–Trinajstić information content (AvgIpc) is 2.82. The normalized spacial score (nSPS) is 31.5. The lowest BCUT2D eigenvalue weighted by Crippen LogP contribution is -2.44. The van der Waals surface area contributed by atoms with Gasteiger partial charge in [0, 0.05) is 6.61 Å². The third kappa shape index (κ3) is 8.35. The summed E-state index contributed by atoms with van der Waals surface area (Å²) in [5.41, 5.74) is 0.272. The molecule has 0 aromatic rings. The molecule has 3 rings (SSSR count). The van der Waals surface area contributed by atoms with Gasteiger partial charge in [-0.3, -0.25) is 0 Å². The fraction of sp³-hybridized carbons (Fsp3) is 1.00. The monoisotopic (exact) mass is 432 g/mol. The predicted octanol–water partition coefficient (Wildman–Crippen LogP) is 9.87. The molecule has 3 aliphatic carbocycles. The highest BCUT2D eigenvalue weighted by atomic mass is 16.5. The molecule has 0 atom stereocenters. The van der Waals surface area contributed by atoms with E-state index in [9.17, 15) is 0 Å². The van der Waals surface area contributed by atoms with Crippen LogP contribution in [-0.4, -0.2) is 12.2 Å². The fourth-order valence-electron chi connectivity index (χ4n) is 7.36. The van der Waals surface area contributed by atoms with Crippen molar-refractivity contribution in [2.45, 2.75) is 161 Å². The lowest BCUT2D eigenvalue weighted by Gasteiger charge is -2.46. The van der Waals surface area contributed by atoms with Crippen LogP contribution in [0.15, 0.2) is 0 Å². The van der Waals surface area contributed by atoms with Crippen LogP contribution in [0.25, 0.3) is 0 Å². The minimum absolute atomic E-state index is 0.272. The summed E-state index contributed by atoms with van der Waals surface area (Å²) in [7, 11) is 0. The molecule has 31 heavy (non-hydrogen) atoms. The molecular weight excluding hydrogens is 376 g/mol. The molecule has 1 heteroatoms. The first-order valence-corrected chi connectivity index (χ1v) is 14.9. The van der Waals surface area contributed by atoms with Crippen LogP contribution in [0.3, 0.4) is 0 Å². The Labute approximate surface area is 195 Å². The maximum atomic E-state index is 6.69. The summed E-state index contributed by atoms with van der Waals surface area (Å²) in [5.74, 6) is 4.03. The topological polar surface area (TPSA) is 9.23 Å². The van der Waals surface area contributed by atoms with Gasteiger partial charge in [-0.05, 0) is 55.8 Å². The van der Waals surface area contributed by atoms with Gasteiger partial charge in [0.25, 0.3) is 0 Å². The second kappa shape index (κ2) is 14.3. The first-order valence-electron chi connectivity index (χ1n) is 14.9. The van der Waals surface area contributed by atoms with E-state index in [2.05, 4.69) is 13.8 Å². The van der Waals surface area contributed by atoms with E-state index in [0.29, 0.717) is 0 Å². The minimum atomic E-state index is 0.272. The Morgan fingerprint density at radius 2 is 1.13 bits per heavy atom. The van der Waals surface area contributed by atoms with Gasteiger partial charge in [0.1, 0.15) is 0 Å². The van der Waals surface area contributed by atoms with Gasteiger partial charge in [-0.15, -0.1) is 0 Å². The Morgan fingerprint density at radius 3 is 1.71 bits per heavy atom. The van der Waals surface area contributed by atoms with Crippen LogP contribution < -0.4 is 0 Å². The van der Waals surface area contributed by atoms with Gasteiger partial charge in [0.15, 0.2) is 0 Å². The molecule has 1 nitrogen and oxygen atoms in total. The van der Waals surface area contributed by atoms with Gasteiger partial charge < -0.3 is 4.74 Å². The van der Waals surface area contributed by atoms with Crippen molar-refractivity contribution in [3.8, 4) is 0 Å². The molecule has 3 aliphatic rings. The molecule has 0 heterocycles. The van der Waals surface area contributed by atoms with Crippen molar-refractivity contribution in [3.05, 3.63) is 0 Å². The maximum Gasteiger partial charge on any atom is 0.0710 e. The van der Waals surface area contributed by atoms with Crippen LogP contribution in [0.2, 0.25) is 0 Å². The molecule has 0 radical (unpaired) electrons. The zero-order chi connectivity index (χ0) is 21.8. The lowest BCUT2D eigenvalue weighted by atomic mass is 9.67. The van der Waals surface area contributed by atoms with Crippen LogP contribution in [0.5, 0.6) is 0 Å². The lowest BCUT2D eigenvalue weighted by molar-refractivity contribution is -0.122. The van der Waals surface area contributed by atoms with Gasteiger partial charge in [0.05, 0.1) is 5.60 Å². The van der Waals surface area contributed by atoms with Crippen molar-refractivity contribution < 1.29 is 4.74 Å². The van der Waals surface area contributed by atoms with Crippen LogP contribution in [-0.2, 0) is 4.74 Å². The highest BCUT2D eigenvalue weighted by Gasteiger charge is 2.42. The van der Waals surface area contributed by atoms with Crippen molar-refractivity contribution >= 4 is 0 Å². The summed E-state index contributed by atoms with van der Waals surface area (Å²) in [4.78, 5) is 0. The average molecular weight is 433 g/mol. The molecule has 0 bridgehead atoms. The van der Waals surface area contributed by atoms with Crippen molar-refractivity contribution in [1.29, 1.82) is 0 Å². The van der Waals surface area contributed by atoms with E-state index in [0.717, 1.165) is 30.3 Å². The quantitative estimate of drug-likeness (QED) is 0.263. The third-order valence-electron chi connectivity index (χ3n) is 9.59. The molecular formula is C30H56O. The molecule has 0 spiro atoms. The van der Waals surface area contributed by atoms with E-state index in [1.54, 1.807) is 25.7 Å². The van der Waals surface area contributed by atoms with E-state index >= 15 is 0 Å². The third-order valence-corrected chi connectivity index (χ3v) is 9.59. The summed E-state index contributed by atoms with van der Waals surface area (Å²) in [6.07, 6.45) is 32.0. The molecule has 3 fully saturated rings. The van der Waals surface area contributed by atoms with Crippen molar-refractivity contribution in [2.75, 3.05) is 6.61 Å². The summed E-state index contributed by atoms with van der Waals surface area (Å²) in [6.45, 7) is 5.63. The summed E-state index contributed by atoms with van der Waals surface area (Å²) < 4.78 is 6.69. The summed E-state index contributed by atoms with van der Waals surface area (Å²) >= 11 is 0. The van der Waals surface area contributed by atoms with Crippen LogP contribution >= 0.6 is 0 Å². The SMILES string of the molecule is CCCCCCC1CCC(CCC2CCC(C3(OCCCC)CCCCC3)CC2)CC1. The zero-order valence-corrected chi connectivity index (χ0v) is 21.5. The van der Waals surface area contributed by atoms with Crippen molar-refractivity contribution in [3.63, 3.8) is 0 Å². The molecule has 0 aromatic heterocycles. The molecule has 0 N–H and O–H groups in total. The number of hydrogen-bond donors (Lipinski definition) is 0. The van der Waals surface area contributed by atoms with Crippen LogP contribution in [0, 0.1) is 23.7 Å². The van der Waals surface area contributed by atoms with E-state index in [1.807, 2.05) is 0 Å². The highest BCUT2D eigenvalue weighted by Crippen LogP contribution is 2.46. The summed E-state index contributed by atoms with van der Waals surface area (Å²) in [6, 6.07) is 0. The Bertz CT molecular complexity index is 435.